The molecule has 7 nitrogen and oxygen atoms in total. The van der Waals surface area contributed by atoms with Gasteiger partial charge in [-0.3, -0.25) is 19.0 Å². The fourth-order valence-corrected chi connectivity index (χ4v) is 2.34. The number of ether oxygens (including phenoxy) is 1. The lowest BCUT2D eigenvalue weighted by atomic mass is 10.1. The highest BCUT2D eigenvalue weighted by Gasteiger charge is 2.10. The van der Waals surface area contributed by atoms with Gasteiger partial charge in [-0.1, -0.05) is 0 Å². The van der Waals surface area contributed by atoms with Crippen molar-refractivity contribution in [3.63, 3.8) is 0 Å². The highest BCUT2D eigenvalue weighted by molar-refractivity contribution is 5.89. The summed E-state index contributed by atoms with van der Waals surface area (Å²) in [5, 5.41) is 13.1. The first-order valence-electron chi connectivity index (χ1n) is 7.16. The minimum atomic E-state index is -0.426. The first kappa shape index (κ1) is 16.5. The Kier molecular flexibility index (Phi) is 5.35. The Morgan fingerprint density at radius 1 is 1.35 bits per heavy atom. The summed E-state index contributed by atoms with van der Waals surface area (Å²) in [7, 11) is 1.28. The predicted octanol–water partition coefficient (Wildman–Crippen LogP) is 0.997. The van der Waals surface area contributed by atoms with E-state index in [9.17, 15) is 19.5 Å². The minimum absolute atomic E-state index is 0.0423. The molecule has 0 atom stereocenters. The summed E-state index contributed by atoms with van der Waals surface area (Å²) in [6.45, 7) is 0.369. The molecule has 0 aliphatic rings. The summed E-state index contributed by atoms with van der Waals surface area (Å²) in [6.07, 6.45) is 2.99. The SMILES string of the molecule is COC(=O)CCC(=O)NCCc1cn(C=O)c2ccc(O)cc12. The van der Waals surface area contributed by atoms with Crippen LogP contribution in [-0.4, -0.2) is 41.6 Å². The van der Waals surface area contributed by atoms with Gasteiger partial charge in [-0.15, -0.1) is 0 Å². The number of amides is 1. The van der Waals surface area contributed by atoms with E-state index in [0.717, 1.165) is 10.9 Å². The molecule has 2 rings (SSSR count). The molecule has 2 aromatic rings. The maximum Gasteiger partial charge on any atom is 0.306 e. The van der Waals surface area contributed by atoms with E-state index in [4.69, 9.17) is 0 Å². The fraction of sp³-hybridized carbons (Fsp3) is 0.312. The summed E-state index contributed by atoms with van der Waals surface area (Å²) in [6, 6.07) is 4.77. The number of methoxy groups -OCH3 is 1. The molecule has 0 saturated heterocycles. The van der Waals surface area contributed by atoms with Gasteiger partial charge in [0.2, 0.25) is 12.3 Å². The van der Waals surface area contributed by atoms with Crippen LogP contribution < -0.4 is 5.32 Å². The summed E-state index contributed by atoms with van der Waals surface area (Å²) < 4.78 is 5.90. The van der Waals surface area contributed by atoms with Gasteiger partial charge < -0.3 is 15.2 Å². The molecule has 23 heavy (non-hydrogen) atoms. The predicted molar refractivity (Wildman–Crippen MR) is 83.7 cm³/mol. The number of aromatic hydroxyl groups is 1. The molecule has 0 aliphatic carbocycles. The largest absolute Gasteiger partial charge is 0.508 e. The molecule has 2 N–H and O–H groups in total. The monoisotopic (exact) mass is 318 g/mol. The van der Waals surface area contributed by atoms with Crippen LogP contribution in [0.4, 0.5) is 0 Å². The van der Waals surface area contributed by atoms with E-state index < -0.39 is 5.97 Å². The second-order valence-corrected chi connectivity index (χ2v) is 5.04. The van der Waals surface area contributed by atoms with Gasteiger partial charge in [-0.25, -0.2) is 0 Å². The third kappa shape index (κ3) is 4.09. The lowest BCUT2D eigenvalue weighted by Gasteiger charge is -2.04. The van der Waals surface area contributed by atoms with E-state index in [1.165, 1.54) is 17.7 Å². The van der Waals surface area contributed by atoms with E-state index in [0.29, 0.717) is 24.9 Å². The van der Waals surface area contributed by atoms with Crippen molar-refractivity contribution in [1.29, 1.82) is 0 Å². The zero-order chi connectivity index (χ0) is 16.8. The fourth-order valence-electron chi connectivity index (χ4n) is 2.34. The Labute approximate surface area is 132 Å². The zero-order valence-electron chi connectivity index (χ0n) is 12.7. The number of rotatable bonds is 7. The number of fused-ring (bicyclic) bond motifs is 1. The van der Waals surface area contributed by atoms with Crippen LogP contribution in [-0.2, 0) is 25.5 Å². The number of nitrogens with one attached hydrogen (secondary N) is 1. The van der Waals surface area contributed by atoms with E-state index in [1.807, 2.05) is 0 Å². The number of esters is 1. The van der Waals surface area contributed by atoms with Crippen LogP contribution in [0.5, 0.6) is 5.75 Å². The third-order valence-corrected chi connectivity index (χ3v) is 3.51. The summed E-state index contributed by atoms with van der Waals surface area (Å²) in [5.74, 6) is -0.549. The molecule has 122 valence electrons. The molecular weight excluding hydrogens is 300 g/mol. The number of phenols is 1. The molecule has 1 aromatic carbocycles. The van der Waals surface area contributed by atoms with Crippen molar-refractivity contribution in [2.24, 2.45) is 0 Å². The molecule has 1 aromatic heterocycles. The Morgan fingerprint density at radius 2 is 2.13 bits per heavy atom. The number of nitrogens with zero attached hydrogens (tertiary/aromatic N) is 1. The van der Waals surface area contributed by atoms with Crippen molar-refractivity contribution in [2.75, 3.05) is 13.7 Å². The molecule has 7 heteroatoms. The van der Waals surface area contributed by atoms with Crippen LogP contribution in [0.3, 0.4) is 0 Å². The van der Waals surface area contributed by atoms with Crippen molar-refractivity contribution >= 4 is 29.2 Å². The van der Waals surface area contributed by atoms with Crippen molar-refractivity contribution in [1.82, 2.24) is 9.88 Å². The van der Waals surface area contributed by atoms with Crippen LogP contribution in [0.2, 0.25) is 0 Å². The number of carbonyl (C=O) groups is 3. The van der Waals surface area contributed by atoms with Gasteiger partial charge >= 0.3 is 5.97 Å². The Balaban J connectivity index is 1.97. The average molecular weight is 318 g/mol. The number of hydrogen-bond acceptors (Lipinski definition) is 5. The molecule has 0 unspecified atom stereocenters. The lowest BCUT2D eigenvalue weighted by molar-refractivity contribution is -0.142. The molecule has 0 aliphatic heterocycles. The number of benzene rings is 1. The molecular formula is C16H18N2O5. The van der Waals surface area contributed by atoms with Gasteiger partial charge in [0.15, 0.2) is 0 Å². The minimum Gasteiger partial charge on any atom is -0.508 e. The maximum absolute atomic E-state index is 11.6. The summed E-state index contributed by atoms with van der Waals surface area (Å²) in [4.78, 5) is 33.6. The average Bonchev–Trinajstić information content (AvgIpc) is 2.89. The Morgan fingerprint density at radius 3 is 2.83 bits per heavy atom. The van der Waals surface area contributed by atoms with Gasteiger partial charge in [-0.2, -0.15) is 0 Å². The molecule has 1 heterocycles. The van der Waals surface area contributed by atoms with Crippen LogP contribution in [0.15, 0.2) is 24.4 Å². The van der Waals surface area contributed by atoms with E-state index in [2.05, 4.69) is 10.1 Å². The van der Waals surface area contributed by atoms with Crippen LogP contribution in [0.25, 0.3) is 10.9 Å². The zero-order valence-corrected chi connectivity index (χ0v) is 12.7. The molecule has 0 bridgehead atoms. The third-order valence-electron chi connectivity index (χ3n) is 3.51. The van der Waals surface area contributed by atoms with Crippen molar-refractivity contribution in [3.8, 4) is 5.75 Å². The van der Waals surface area contributed by atoms with E-state index >= 15 is 0 Å². The maximum atomic E-state index is 11.6. The second-order valence-electron chi connectivity index (χ2n) is 5.04. The van der Waals surface area contributed by atoms with Gasteiger partial charge in [0.1, 0.15) is 5.75 Å². The number of hydrogen-bond donors (Lipinski definition) is 2. The van der Waals surface area contributed by atoms with Crippen LogP contribution in [0, 0.1) is 0 Å². The second kappa shape index (κ2) is 7.44. The van der Waals surface area contributed by atoms with E-state index in [1.54, 1.807) is 18.3 Å². The van der Waals surface area contributed by atoms with Crippen molar-refractivity contribution in [3.05, 3.63) is 30.0 Å². The Bertz CT molecular complexity index is 735. The first-order chi connectivity index (χ1) is 11.0. The molecule has 0 radical (unpaired) electrons. The Hall–Kier alpha value is -2.83. The summed E-state index contributed by atoms with van der Waals surface area (Å²) in [5.41, 5.74) is 1.54. The quantitative estimate of drug-likeness (QED) is 0.586. The smallest absolute Gasteiger partial charge is 0.306 e. The van der Waals surface area contributed by atoms with Gasteiger partial charge in [0, 0.05) is 24.5 Å². The highest BCUT2D eigenvalue weighted by atomic mass is 16.5. The molecule has 1 amide bonds. The molecule has 0 fully saturated rings. The van der Waals surface area contributed by atoms with Crippen LogP contribution in [0.1, 0.15) is 18.4 Å². The highest BCUT2D eigenvalue weighted by Crippen LogP contribution is 2.25. The number of phenolic OH excluding ortho intramolecular Hbond substituents is 1. The standard InChI is InChI=1S/C16H18N2O5/c1-23-16(22)5-4-15(21)17-7-6-11-9-18(10-19)14-3-2-12(20)8-13(11)14/h2-3,8-10,20H,4-7H2,1H3,(H,17,21). The molecule has 0 saturated carbocycles. The number of aromatic nitrogens is 1. The van der Waals surface area contributed by atoms with Crippen molar-refractivity contribution < 1.29 is 24.2 Å². The van der Waals surface area contributed by atoms with Crippen LogP contribution >= 0.6 is 0 Å². The molecule has 0 spiro atoms. The normalized spacial score (nSPS) is 10.5. The lowest BCUT2D eigenvalue weighted by Crippen LogP contribution is -2.26. The van der Waals surface area contributed by atoms with Crippen molar-refractivity contribution in [2.45, 2.75) is 19.3 Å². The first-order valence-corrected chi connectivity index (χ1v) is 7.16. The number of carbonyl (C=O) groups excluding carboxylic acids is 3. The van der Waals surface area contributed by atoms with Gasteiger partial charge in [0.05, 0.1) is 19.0 Å². The van der Waals surface area contributed by atoms with E-state index in [-0.39, 0.29) is 24.5 Å². The van der Waals surface area contributed by atoms with Gasteiger partial charge in [0.25, 0.3) is 0 Å². The summed E-state index contributed by atoms with van der Waals surface area (Å²) >= 11 is 0. The van der Waals surface area contributed by atoms with Gasteiger partial charge in [-0.05, 0) is 30.2 Å². The topological polar surface area (TPSA) is 97.6 Å².